The summed E-state index contributed by atoms with van der Waals surface area (Å²) >= 11 is 0. The topological polar surface area (TPSA) is 63.2 Å². The van der Waals surface area contributed by atoms with E-state index in [1.54, 1.807) is 18.5 Å². The molecule has 5 nitrogen and oxygen atoms in total. The summed E-state index contributed by atoms with van der Waals surface area (Å²) in [7, 11) is -2.90. The van der Waals surface area contributed by atoms with Gasteiger partial charge in [0, 0.05) is 31.7 Å². The highest BCUT2D eigenvalue weighted by Gasteiger charge is 2.24. The first-order valence-corrected chi connectivity index (χ1v) is 7.80. The molecule has 0 saturated carbocycles. The van der Waals surface area contributed by atoms with E-state index in [9.17, 15) is 8.42 Å². The molecule has 0 amide bonds. The van der Waals surface area contributed by atoms with E-state index in [4.69, 9.17) is 0 Å². The van der Waals surface area contributed by atoms with Gasteiger partial charge in [-0.15, -0.1) is 0 Å². The lowest BCUT2D eigenvalue weighted by Crippen LogP contribution is -2.38. The molecule has 6 heteroatoms. The molecule has 1 aromatic rings. The fourth-order valence-corrected chi connectivity index (χ4v) is 3.39. The Kier molecular flexibility index (Phi) is 3.61. The van der Waals surface area contributed by atoms with Crippen molar-refractivity contribution < 1.29 is 8.42 Å². The van der Waals surface area contributed by atoms with Crippen molar-refractivity contribution in [2.75, 3.05) is 30.0 Å². The zero-order valence-electron chi connectivity index (χ0n) is 9.91. The Morgan fingerprint density at radius 2 is 2.12 bits per heavy atom. The van der Waals surface area contributed by atoms with E-state index in [-0.39, 0.29) is 11.7 Å². The molecule has 2 rings (SSSR count). The molecule has 0 aliphatic carbocycles. The number of rotatable bonds is 3. The zero-order valence-corrected chi connectivity index (χ0v) is 10.7. The maximum absolute atomic E-state index is 11.3. The lowest BCUT2D eigenvalue weighted by Gasteiger charge is -2.32. The second-order valence-electron chi connectivity index (χ2n) is 4.60. The van der Waals surface area contributed by atoms with E-state index in [0.29, 0.717) is 5.95 Å². The average molecular weight is 255 g/mol. The van der Waals surface area contributed by atoms with Crippen LogP contribution in [0.4, 0.5) is 5.95 Å². The number of anilines is 1. The van der Waals surface area contributed by atoms with Crippen LogP contribution in [-0.4, -0.2) is 43.5 Å². The van der Waals surface area contributed by atoms with Crippen LogP contribution in [0.3, 0.4) is 0 Å². The first kappa shape index (κ1) is 12.3. The molecule has 0 bridgehead atoms. The maximum Gasteiger partial charge on any atom is 0.225 e. The monoisotopic (exact) mass is 255 g/mol. The van der Waals surface area contributed by atoms with Crippen LogP contribution >= 0.6 is 0 Å². The summed E-state index contributed by atoms with van der Waals surface area (Å²) in [5, 5.41) is 0. The minimum absolute atomic E-state index is 0.197. The Balaban J connectivity index is 2.03. The average Bonchev–Trinajstić information content (AvgIpc) is 2.28. The normalized spacial score (nSPS) is 21.5. The minimum Gasteiger partial charge on any atom is -0.341 e. The van der Waals surface area contributed by atoms with Crippen LogP contribution in [0.5, 0.6) is 0 Å². The summed E-state index contributed by atoms with van der Waals surface area (Å²) in [6.07, 6.45) is 6.69. The molecule has 1 aliphatic heterocycles. The molecule has 1 atom stereocenters. The second kappa shape index (κ2) is 5.00. The Labute approximate surface area is 102 Å². The quantitative estimate of drug-likeness (QED) is 0.797. The fourth-order valence-electron chi connectivity index (χ4n) is 2.27. The van der Waals surface area contributed by atoms with Crippen molar-refractivity contribution in [3.63, 3.8) is 0 Å². The Bertz CT molecular complexity index is 461. The third-order valence-corrected chi connectivity index (χ3v) is 3.97. The number of hydrogen-bond donors (Lipinski definition) is 0. The van der Waals surface area contributed by atoms with E-state index in [1.165, 1.54) is 6.26 Å². The summed E-state index contributed by atoms with van der Waals surface area (Å²) in [5.74, 6) is 1.16. The Morgan fingerprint density at radius 3 is 2.76 bits per heavy atom. The number of nitrogens with zero attached hydrogens (tertiary/aromatic N) is 3. The lowest BCUT2D eigenvalue weighted by molar-refractivity contribution is 0.440. The van der Waals surface area contributed by atoms with Gasteiger partial charge in [-0.2, -0.15) is 0 Å². The van der Waals surface area contributed by atoms with Crippen LogP contribution < -0.4 is 4.90 Å². The van der Waals surface area contributed by atoms with Crippen molar-refractivity contribution in [1.82, 2.24) is 9.97 Å². The molecule has 1 fully saturated rings. The van der Waals surface area contributed by atoms with E-state index < -0.39 is 9.84 Å². The molecule has 17 heavy (non-hydrogen) atoms. The van der Waals surface area contributed by atoms with E-state index in [2.05, 4.69) is 14.9 Å². The molecule has 1 aliphatic rings. The summed E-state index contributed by atoms with van der Waals surface area (Å²) in [6, 6.07) is 1.78. The van der Waals surface area contributed by atoms with Gasteiger partial charge in [0.2, 0.25) is 5.95 Å². The molecular formula is C11H17N3O2S. The number of sulfone groups is 1. The first-order chi connectivity index (χ1) is 8.04. The SMILES string of the molecule is CS(=O)(=O)CC1CCCN(c2ncccn2)C1. The highest BCUT2D eigenvalue weighted by atomic mass is 32.2. The van der Waals surface area contributed by atoms with Gasteiger partial charge in [0.05, 0.1) is 5.75 Å². The Hall–Kier alpha value is -1.17. The second-order valence-corrected chi connectivity index (χ2v) is 6.78. The van der Waals surface area contributed by atoms with Gasteiger partial charge in [-0.3, -0.25) is 0 Å². The molecule has 2 heterocycles. The largest absolute Gasteiger partial charge is 0.341 e. The predicted octanol–water partition coefficient (Wildman–Crippen LogP) is 0.738. The van der Waals surface area contributed by atoms with Gasteiger partial charge in [0.15, 0.2) is 0 Å². The van der Waals surface area contributed by atoms with Crippen LogP contribution in [0.15, 0.2) is 18.5 Å². The Morgan fingerprint density at radius 1 is 1.41 bits per heavy atom. The van der Waals surface area contributed by atoms with Gasteiger partial charge in [0.25, 0.3) is 0 Å². The third kappa shape index (κ3) is 3.66. The summed E-state index contributed by atoms with van der Waals surface area (Å²) < 4.78 is 22.6. The fraction of sp³-hybridized carbons (Fsp3) is 0.636. The van der Waals surface area contributed by atoms with Crippen LogP contribution in [0.2, 0.25) is 0 Å². The van der Waals surface area contributed by atoms with Crippen molar-refractivity contribution >= 4 is 15.8 Å². The van der Waals surface area contributed by atoms with Crippen molar-refractivity contribution in [1.29, 1.82) is 0 Å². The molecule has 0 aromatic carbocycles. The smallest absolute Gasteiger partial charge is 0.225 e. The molecule has 0 spiro atoms. The van der Waals surface area contributed by atoms with Crippen molar-refractivity contribution in [3.8, 4) is 0 Å². The number of piperidine rings is 1. The molecule has 1 saturated heterocycles. The maximum atomic E-state index is 11.3. The van der Waals surface area contributed by atoms with Crippen LogP contribution in [-0.2, 0) is 9.84 Å². The number of aromatic nitrogens is 2. The van der Waals surface area contributed by atoms with Crippen LogP contribution in [0.25, 0.3) is 0 Å². The van der Waals surface area contributed by atoms with Gasteiger partial charge in [-0.25, -0.2) is 18.4 Å². The van der Waals surface area contributed by atoms with Gasteiger partial charge in [0.1, 0.15) is 9.84 Å². The first-order valence-electron chi connectivity index (χ1n) is 5.74. The van der Waals surface area contributed by atoms with Crippen molar-refractivity contribution in [2.45, 2.75) is 12.8 Å². The highest BCUT2D eigenvalue weighted by molar-refractivity contribution is 7.90. The van der Waals surface area contributed by atoms with Crippen molar-refractivity contribution in [2.24, 2.45) is 5.92 Å². The molecule has 1 aromatic heterocycles. The van der Waals surface area contributed by atoms with Gasteiger partial charge in [-0.1, -0.05) is 0 Å². The predicted molar refractivity (Wildman–Crippen MR) is 66.7 cm³/mol. The standard InChI is InChI=1S/C11H17N3O2S/c1-17(15,16)9-10-4-2-7-14(8-10)11-12-5-3-6-13-11/h3,5-6,10H,2,4,7-9H2,1H3. The van der Waals surface area contributed by atoms with Gasteiger partial charge in [-0.05, 0) is 24.8 Å². The van der Waals surface area contributed by atoms with Gasteiger partial charge >= 0.3 is 0 Å². The zero-order chi connectivity index (χ0) is 12.3. The van der Waals surface area contributed by atoms with E-state index in [1.807, 2.05) is 0 Å². The van der Waals surface area contributed by atoms with Crippen molar-refractivity contribution in [3.05, 3.63) is 18.5 Å². The third-order valence-electron chi connectivity index (χ3n) is 2.89. The van der Waals surface area contributed by atoms with E-state index >= 15 is 0 Å². The summed E-state index contributed by atoms with van der Waals surface area (Å²) in [6.45, 7) is 1.64. The highest BCUT2D eigenvalue weighted by Crippen LogP contribution is 2.20. The molecule has 0 radical (unpaired) electrons. The summed E-state index contributed by atoms with van der Waals surface area (Å²) in [5.41, 5.74) is 0. The summed E-state index contributed by atoms with van der Waals surface area (Å²) in [4.78, 5) is 10.5. The van der Waals surface area contributed by atoms with Gasteiger partial charge < -0.3 is 4.90 Å². The molecule has 94 valence electrons. The minimum atomic E-state index is -2.90. The molecule has 1 unspecified atom stereocenters. The van der Waals surface area contributed by atoms with E-state index in [0.717, 1.165) is 25.9 Å². The van der Waals surface area contributed by atoms with Crippen LogP contribution in [0, 0.1) is 5.92 Å². The molecule has 0 N–H and O–H groups in total. The lowest BCUT2D eigenvalue weighted by atomic mass is 10.0. The van der Waals surface area contributed by atoms with Crippen LogP contribution in [0.1, 0.15) is 12.8 Å². The number of hydrogen-bond acceptors (Lipinski definition) is 5. The molecular weight excluding hydrogens is 238 g/mol.